The molecular weight excluding hydrogens is 141 g/mol. The number of allylic oxidation sites excluding steroid dienone is 2. The summed E-state index contributed by atoms with van der Waals surface area (Å²) in [6, 6.07) is 0. The second kappa shape index (κ2) is 1.50. The van der Waals surface area contributed by atoms with Gasteiger partial charge >= 0.3 is 42.4 Å². The zero-order valence-corrected chi connectivity index (χ0v) is 5.41. The van der Waals surface area contributed by atoms with E-state index in [-0.39, 0.29) is 15.0 Å². The Bertz CT molecular complexity index is 104. The van der Waals surface area contributed by atoms with Crippen molar-refractivity contribution in [3.63, 3.8) is 0 Å². The van der Waals surface area contributed by atoms with Crippen LogP contribution in [0.4, 0.5) is 0 Å². The minimum absolute atomic E-state index is 0.0278. The third-order valence-electron chi connectivity index (χ3n) is 0.622. The molecule has 0 saturated heterocycles. The second-order valence-corrected chi connectivity index (χ2v) is 3.64. The standard InChI is InChI=1S/C4H7NSe/c5-4-2-1-3-6-4/h1-3H,5-6H2. The van der Waals surface area contributed by atoms with Crippen LogP contribution in [0.2, 0.25) is 0 Å². The van der Waals surface area contributed by atoms with Crippen molar-refractivity contribution in [2.24, 2.45) is 5.73 Å². The summed E-state index contributed by atoms with van der Waals surface area (Å²) < 4.78 is 1.09. The zero-order valence-electron chi connectivity index (χ0n) is 3.31. The van der Waals surface area contributed by atoms with Crippen molar-refractivity contribution in [1.82, 2.24) is 0 Å². The van der Waals surface area contributed by atoms with Crippen LogP contribution in [-0.4, -0.2) is 15.0 Å². The van der Waals surface area contributed by atoms with Crippen molar-refractivity contribution in [2.45, 2.75) is 0 Å². The number of nitrogens with two attached hydrogens (primary N) is 1. The molecule has 1 aliphatic rings. The fourth-order valence-corrected chi connectivity index (χ4v) is 1.56. The maximum absolute atomic E-state index is 5.39. The molecule has 0 radical (unpaired) electrons. The van der Waals surface area contributed by atoms with Gasteiger partial charge in [-0.05, 0) is 0 Å². The Hall–Kier alpha value is -0.201. The number of hydrogen-bond donors (Lipinski definition) is 1. The van der Waals surface area contributed by atoms with Gasteiger partial charge in [-0.3, -0.25) is 0 Å². The molecule has 2 N–H and O–H groups in total. The van der Waals surface area contributed by atoms with Crippen LogP contribution in [-0.2, 0) is 0 Å². The van der Waals surface area contributed by atoms with Crippen molar-refractivity contribution < 1.29 is 0 Å². The first kappa shape index (κ1) is 3.97. The molecule has 34 valence electrons. The van der Waals surface area contributed by atoms with E-state index in [1.807, 2.05) is 12.2 Å². The molecule has 0 amide bonds. The second-order valence-electron chi connectivity index (χ2n) is 1.13. The van der Waals surface area contributed by atoms with Crippen LogP contribution in [0.25, 0.3) is 0 Å². The van der Waals surface area contributed by atoms with Crippen LogP contribution < -0.4 is 5.73 Å². The predicted octanol–water partition coefficient (Wildman–Crippen LogP) is -0.517. The first-order valence-electron chi connectivity index (χ1n) is 1.78. The Kier molecular flexibility index (Phi) is 0.992. The summed E-state index contributed by atoms with van der Waals surface area (Å²) in [7, 11) is 0. The van der Waals surface area contributed by atoms with Crippen LogP contribution in [0.3, 0.4) is 0 Å². The molecule has 0 spiro atoms. The molecule has 0 unspecified atom stereocenters. The van der Waals surface area contributed by atoms with Gasteiger partial charge in [0.05, 0.1) is 0 Å². The Balaban J connectivity index is 2.61. The van der Waals surface area contributed by atoms with Crippen LogP contribution in [0.1, 0.15) is 0 Å². The Morgan fingerprint density at radius 3 is 2.67 bits per heavy atom. The summed E-state index contributed by atoms with van der Waals surface area (Å²) in [5.41, 5.74) is 5.39. The van der Waals surface area contributed by atoms with Crippen molar-refractivity contribution in [3.05, 3.63) is 21.7 Å². The van der Waals surface area contributed by atoms with E-state index in [1.54, 1.807) is 0 Å². The molecule has 1 heterocycles. The van der Waals surface area contributed by atoms with E-state index in [2.05, 4.69) is 4.97 Å². The van der Waals surface area contributed by atoms with Gasteiger partial charge < -0.3 is 0 Å². The molecule has 1 rings (SSSR count). The molecule has 1 nitrogen and oxygen atoms in total. The fraction of sp³-hybridized carbons (Fsp3) is 0. The first-order valence-corrected chi connectivity index (χ1v) is 4.04. The van der Waals surface area contributed by atoms with E-state index >= 15 is 0 Å². The van der Waals surface area contributed by atoms with E-state index in [1.165, 1.54) is 0 Å². The van der Waals surface area contributed by atoms with Crippen molar-refractivity contribution in [1.29, 1.82) is 0 Å². The SMILES string of the molecule is NC1=CC=C[SeH2]1. The molecule has 0 atom stereocenters. The summed E-state index contributed by atoms with van der Waals surface area (Å²) in [6.07, 6.45) is 4.00. The molecule has 0 fully saturated rings. The molecule has 0 aromatic carbocycles. The van der Waals surface area contributed by atoms with Crippen molar-refractivity contribution >= 4 is 15.0 Å². The average Bonchev–Trinajstić information content (AvgIpc) is 1.86. The summed E-state index contributed by atoms with van der Waals surface area (Å²) >= 11 is 0.0278. The van der Waals surface area contributed by atoms with Crippen LogP contribution >= 0.6 is 0 Å². The Morgan fingerprint density at radius 2 is 2.50 bits per heavy atom. The molecule has 0 aromatic rings. The Labute approximate surface area is 43.1 Å². The summed E-state index contributed by atoms with van der Waals surface area (Å²) in [6.45, 7) is 0. The Morgan fingerprint density at radius 1 is 1.67 bits per heavy atom. The van der Waals surface area contributed by atoms with Crippen LogP contribution in [0.5, 0.6) is 0 Å². The van der Waals surface area contributed by atoms with Gasteiger partial charge in [0.25, 0.3) is 0 Å². The van der Waals surface area contributed by atoms with E-state index < -0.39 is 0 Å². The van der Waals surface area contributed by atoms with Gasteiger partial charge in [-0.1, -0.05) is 0 Å². The van der Waals surface area contributed by atoms with E-state index in [0.29, 0.717) is 0 Å². The van der Waals surface area contributed by atoms with Gasteiger partial charge in [-0.25, -0.2) is 0 Å². The van der Waals surface area contributed by atoms with E-state index in [9.17, 15) is 0 Å². The minimum atomic E-state index is 0.0278. The number of rotatable bonds is 0. The monoisotopic (exact) mass is 149 g/mol. The normalized spacial score (nSPS) is 25.0. The molecule has 6 heavy (non-hydrogen) atoms. The van der Waals surface area contributed by atoms with Gasteiger partial charge in [-0.15, -0.1) is 0 Å². The van der Waals surface area contributed by atoms with E-state index in [4.69, 9.17) is 5.73 Å². The van der Waals surface area contributed by atoms with Gasteiger partial charge in [0.15, 0.2) is 0 Å². The predicted molar refractivity (Wildman–Crippen MR) is 30.0 cm³/mol. The van der Waals surface area contributed by atoms with Crippen LogP contribution in [0, 0.1) is 0 Å². The third kappa shape index (κ3) is 0.644. The maximum atomic E-state index is 5.39. The van der Waals surface area contributed by atoms with Gasteiger partial charge in [0.2, 0.25) is 0 Å². The summed E-state index contributed by atoms with van der Waals surface area (Å²) in [4.78, 5) is 2.16. The molecular formula is C4H7NSe. The molecule has 1 aliphatic heterocycles. The van der Waals surface area contributed by atoms with Gasteiger partial charge in [0.1, 0.15) is 0 Å². The van der Waals surface area contributed by atoms with Gasteiger partial charge in [0, 0.05) is 0 Å². The molecule has 0 aliphatic carbocycles. The third-order valence-corrected chi connectivity index (χ3v) is 2.42. The van der Waals surface area contributed by atoms with E-state index in [0.717, 1.165) is 4.60 Å². The summed E-state index contributed by atoms with van der Waals surface area (Å²) in [5.74, 6) is 0. The molecule has 0 aromatic heterocycles. The quantitative estimate of drug-likeness (QED) is 0.460. The van der Waals surface area contributed by atoms with Gasteiger partial charge in [-0.2, -0.15) is 0 Å². The average molecular weight is 148 g/mol. The topological polar surface area (TPSA) is 26.0 Å². The molecule has 0 saturated carbocycles. The fourth-order valence-electron chi connectivity index (χ4n) is 0.344. The van der Waals surface area contributed by atoms with Crippen LogP contribution in [0.15, 0.2) is 21.7 Å². The molecule has 0 bridgehead atoms. The summed E-state index contributed by atoms with van der Waals surface area (Å²) in [5, 5.41) is 0. The zero-order chi connectivity index (χ0) is 4.41. The number of hydrogen-bond acceptors (Lipinski definition) is 1. The first-order chi connectivity index (χ1) is 2.89. The van der Waals surface area contributed by atoms with Crippen molar-refractivity contribution in [2.75, 3.05) is 0 Å². The molecule has 2 heteroatoms. The van der Waals surface area contributed by atoms with Crippen molar-refractivity contribution in [3.8, 4) is 0 Å².